The summed E-state index contributed by atoms with van der Waals surface area (Å²) in [6.45, 7) is 10.0. The van der Waals surface area contributed by atoms with Crippen LogP contribution in [-0.4, -0.2) is 113 Å². The predicted molar refractivity (Wildman–Crippen MR) is 233 cm³/mol. The lowest BCUT2D eigenvalue weighted by atomic mass is 10.0. The van der Waals surface area contributed by atoms with Gasteiger partial charge >= 0.3 is 17.9 Å². The van der Waals surface area contributed by atoms with Crippen LogP contribution >= 0.6 is 23.2 Å². The summed E-state index contributed by atoms with van der Waals surface area (Å²) >= 11 is 11.5. The third-order valence-corrected chi connectivity index (χ3v) is 8.73. The van der Waals surface area contributed by atoms with E-state index >= 15 is 0 Å². The number of methoxy groups -OCH3 is 1. The van der Waals surface area contributed by atoms with Gasteiger partial charge in [0.2, 0.25) is 0 Å². The van der Waals surface area contributed by atoms with Gasteiger partial charge in [0, 0.05) is 60.8 Å². The molecule has 0 bridgehead atoms. The lowest BCUT2D eigenvalue weighted by Gasteiger charge is -2.23. The van der Waals surface area contributed by atoms with Gasteiger partial charge in [0.25, 0.3) is 0 Å². The first-order valence-electron chi connectivity index (χ1n) is 19.0. The fraction of sp³-hybridized carbons (Fsp3) is 0.364. The van der Waals surface area contributed by atoms with Crippen LogP contribution in [0, 0.1) is 0 Å². The van der Waals surface area contributed by atoms with E-state index in [4.69, 9.17) is 53.7 Å². The number of phenols is 1. The number of anilines is 2. The highest BCUT2D eigenvalue weighted by molar-refractivity contribution is 6.18. The first-order chi connectivity index (χ1) is 28.2. The number of ketones is 1. The summed E-state index contributed by atoms with van der Waals surface area (Å²) in [4.78, 5) is 47.9. The number of phenolic OH excluding ortho intramolecular Hbond substituents is 1. The topological polar surface area (TPSA) is 200 Å². The van der Waals surface area contributed by atoms with Crippen molar-refractivity contribution in [2.45, 2.75) is 46.1 Å². The highest BCUT2D eigenvalue weighted by Crippen LogP contribution is 2.25. The number of aliphatic carboxylic acids is 2. The van der Waals surface area contributed by atoms with Crippen LogP contribution in [-0.2, 0) is 20.7 Å². The third-order valence-electron chi connectivity index (χ3n) is 8.39. The Bertz CT molecular complexity index is 1800. The number of aliphatic hydroxyl groups excluding tert-OH is 1. The number of likely N-dealkylation sites (N-methyl/N-ethyl adjacent to an activating group) is 1. The number of carboxylic acid groups (broad SMARTS) is 2. The molecule has 59 heavy (non-hydrogen) atoms. The first-order valence-corrected chi connectivity index (χ1v) is 20.1. The van der Waals surface area contributed by atoms with Crippen LogP contribution in [0.1, 0.15) is 65.5 Å². The number of carbonyl (C=O) groups excluding carboxylic acids is 2. The van der Waals surface area contributed by atoms with E-state index in [1.165, 1.54) is 20.1 Å². The molecule has 0 spiro atoms. The Hall–Kier alpha value is -5.34. The van der Waals surface area contributed by atoms with Gasteiger partial charge in [0.1, 0.15) is 24.2 Å². The van der Waals surface area contributed by atoms with Crippen molar-refractivity contribution in [1.82, 2.24) is 4.90 Å². The van der Waals surface area contributed by atoms with Gasteiger partial charge in [-0.15, -0.1) is 23.2 Å². The molecule has 4 rings (SSSR count). The summed E-state index contributed by atoms with van der Waals surface area (Å²) in [5, 5.41) is 34.1. The van der Waals surface area contributed by atoms with Crippen molar-refractivity contribution in [1.29, 1.82) is 0 Å². The zero-order valence-electron chi connectivity index (χ0n) is 34.1. The maximum Gasteiger partial charge on any atom is 0.338 e. The summed E-state index contributed by atoms with van der Waals surface area (Å²) in [5.74, 6) is -0.843. The molecule has 0 aromatic heterocycles. The number of halogens is 2. The zero-order valence-corrected chi connectivity index (χ0v) is 35.6. The second-order valence-corrected chi connectivity index (χ2v) is 13.4. The maximum absolute atomic E-state index is 12.1. The third kappa shape index (κ3) is 21.3. The Morgan fingerprint density at radius 2 is 1.37 bits per heavy atom. The van der Waals surface area contributed by atoms with Gasteiger partial charge in [-0.25, -0.2) is 9.59 Å². The van der Waals surface area contributed by atoms with Crippen molar-refractivity contribution in [3.63, 3.8) is 0 Å². The number of nitrogen functional groups attached to an aromatic ring is 1. The number of hydrogen-bond donors (Lipinski definition) is 5. The normalized spacial score (nSPS) is 10.6. The van der Waals surface area contributed by atoms with Gasteiger partial charge in [-0.2, -0.15) is 0 Å². The second kappa shape index (κ2) is 29.8. The number of esters is 1. The van der Waals surface area contributed by atoms with Crippen molar-refractivity contribution in [2.24, 2.45) is 0 Å². The molecule has 1 unspecified atom stereocenters. The van der Waals surface area contributed by atoms with E-state index in [1.54, 1.807) is 60.7 Å². The zero-order chi connectivity index (χ0) is 44.2. The molecule has 0 aliphatic rings. The van der Waals surface area contributed by atoms with Gasteiger partial charge in [-0.1, -0.05) is 56.3 Å². The number of nitrogens with two attached hydrogens (primary N) is 1. The van der Waals surface area contributed by atoms with E-state index in [1.807, 2.05) is 30.3 Å². The van der Waals surface area contributed by atoms with Crippen LogP contribution in [0.25, 0.3) is 0 Å². The average Bonchev–Trinajstić information content (AvgIpc) is 3.23. The van der Waals surface area contributed by atoms with Gasteiger partial charge in [0.15, 0.2) is 5.78 Å². The lowest BCUT2D eigenvalue weighted by Crippen LogP contribution is -2.27. The summed E-state index contributed by atoms with van der Waals surface area (Å²) in [6, 6.07) is 28.4. The van der Waals surface area contributed by atoms with E-state index in [0.29, 0.717) is 47.4 Å². The molecule has 0 aliphatic carbocycles. The minimum absolute atomic E-state index is 0.0711. The molecule has 0 radical (unpaired) electrons. The van der Waals surface area contributed by atoms with Crippen molar-refractivity contribution in [2.75, 3.05) is 68.8 Å². The Morgan fingerprint density at radius 3 is 1.85 bits per heavy atom. The van der Waals surface area contributed by atoms with Crippen LogP contribution in [0.15, 0.2) is 97.1 Å². The molecule has 15 heteroatoms. The van der Waals surface area contributed by atoms with Gasteiger partial charge in [-0.05, 0) is 86.9 Å². The van der Waals surface area contributed by atoms with Crippen molar-refractivity contribution in [3.05, 3.63) is 119 Å². The fourth-order valence-corrected chi connectivity index (χ4v) is 5.38. The molecule has 0 saturated carbocycles. The highest BCUT2D eigenvalue weighted by atomic mass is 35.5. The van der Waals surface area contributed by atoms with E-state index in [2.05, 4.69) is 23.6 Å². The minimum Gasteiger partial charge on any atom is -0.507 e. The summed E-state index contributed by atoms with van der Waals surface area (Å²) in [7, 11) is 1.51. The van der Waals surface area contributed by atoms with Gasteiger partial charge in [0.05, 0.1) is 18.2 Å². The molecule has 4 aromatic rings. The fourth-order valence-electron chi connectivity index (χ4n) is 4.98. The van der Waals surface area contributed by atoms with Crippen molar-refractivity contribution in [3.8, 4) is 11.5 Å². The number of alkyl halides is 2. The quantitative estimate of drug-likeness (QED) is 0.0274. The molecular formula is C44H57Cl2N3O10. The Morgan fingerprint density at radius 1 is 0.797 bits per heavy atom. The molecular weight excluding hydrogens is 801 g/mol. The number of benzene rings is 4. The molecule has 322 valence electrons. The Balaban J connectivity index is 0.000000414. The monoisotopic (exact) mass is 857 g/mol. The smallest absolute Gasteiger partial charge is 0.338 e. The minimum atomic E-state index is -1.23. The molecule has 4 aromatic carbocycles. The molecule has 0 amide bonds. The SMILES string of the molecule is CC(O)C(=O)O.CCN(CC)CCOC(=O)c1ccc(N)cc1.COc1ccc(C(=O)c2ccccc2)c(O)c1.O=C(O)CCCc1ccc(N(CCCl)CCCl)cc1. The predicted octanol–water partition coefficient (Wildman–Crippen LogP) is 7.23. The molecule has 13 nitrogen and oxygen atoms in total. The van der Waals surface area contributed by atoms with Crippen LogP contribution in [0.4, 0.5) is 11.4 Å². The van der Waals surface area contributed by atoms with Crippen LogP contribution in [0.2, 0.25) is 0 Å². The number of aryl methyl sites for hydroxylation is 1. The first kappa shape index (κ1) is 51.7. The number of rotatable bonds is 19. The number of nitrogens with zero attached hydrogens (tertiary/aromatic N) is 2. The number of carboxylic acids is 2. The average molecular weight is 859 g/mol. The van der Waals surface area contributed by atoms with Crippen molar-refractivity contribution < 1.29 is 49.1 Å². The van der Waals surface area contributed by atoms with Crippen LogP contribution < -0.4 is 15.4 Å². The number of ether oxygens (including phenoxy) is 2. The number of aliphatic hydroxyl groups is 1. The maximum atomic E-state index is 12.1. The Labute approximate surface area is 356 Å². The van der Waals surface area contributed by atoms with Crippen molar-refractivity contribution >= 4 is 58.3 Å². The summed E-state index contributed by atoms with van der Waals surface area (Å²) in [6.07, 6.45) is 0.441. The van der Waals surface area contributed by atoms with E-state index < -0.39 is 18.0 Å². The summed E-state index contributed by atoms with van der Waals surface area (Å²) in [5.41, 5.74) is 9.81. The van der Waals surface area contributed by atoms with E-state index in [0.717, 1.165) is 50.4 Å². The number of carbonyl (C=O) groups is 4. The molecule has 0 saturated heterocycles. The summed E-state index contributed by atoms with van der Waals surface area (Å²) < 4.78 is 10.1. The second-order valence-electron chi connectivity index (χ2n) is 12.7. The highest BCUT2D eigenvalue weighted by Gasteiger charge is 2.14. The molecule has 0 heterocycles. The van der Waals surface area contributed by atoms with Gasteiger partial charge in [-0.3, -0.25) is 9.59 Å². The molecule has 0 fully saturated rings. The van der Waals surface area contributed by atoms with Crippen LogP contribution in [0.3, 0.4) is 0 Å². The van der Waals surface area contributed by atoms with Gasteiger partial charge < -0.3 is 45.4 Å². The largest absolute Gasteiger partial charge is 0.507 e. The molecule has 0 aliphatic heterocycles. The standard InChI is InChI=1S/C14H19Cl2NO2.C14H12O3.C13H20N2O2.C3H6O3/c15-8-10-17(11-9-16)13-6-4-12(5-7-13)2-1-3-14(18)19;1-17-11-7-8-12(13(15)9-11)14(16)10-5-3-2-4-6-10;1-3-15(4-2)9-10-17-13(16)11-5-7-12(14)8-6-11;1-2(4)3(5)6/h4-7H,1-3,8-11H2,(H,18,19);2-9,15H,1H3;5-8H,3-4,9-10,14H2,1-2H3;2,4H,1H3,(H,5,6). The number of hydrogen-bond acceptors (Lipinski definition) is 11. The van der Waals surface area contributed by atoms with E-state index in [-0.39, 0.29) is 29.5 Å². The lowest BCUT2D eigenvalue weighted by molar-refractivity contribution is -0.145. The molecule has 1 atom stereocenters. The van der Waals surface area contributed by atoms with Crippen LogP contribution in [0.5, 0.6) is 11.5 Å². The number of aromatic hydroxyl groups is 1. The molecule has 6 N–H and O–H groups in total. The van der Waals surface area contributed by atoms with E-state index in [9.17, 15) is 24.3 Å². The Kier molecular flexibility index (Phi) is 26.1.